The van der Waals surface area contributed by atoms with E-state index in [4.69, 9.17) is 10.5 Å². The number of nitrogens with one attached hydrogen (secondary N) is 1. The van der Waals surface area contributed by atoms with Crippen LogP contribution in [0.4, 0.5) is 4.39 Å². The van der Waals surface area contributed by atoms with Crippen LogP contribution in [0.2, 0.25) is 0 Å². The van der Waals surface area contributed by atoms with Crippen LogP contribution in [0.5, 0.6) is 0 Å². The molecule has 1 saturated carbocycles. The van der Waals surface area contributed by atoms with Crippen LogP contribution < -0.4 is 11.1 Å². The van der Waals surface area contributed by atoms with Crippen LogP contribution in [0.25, 0.3) is 0 Å². The summed E-state index contributed by atoms with van der Waals surface area (Å²) in [4.78, 5) is 12.6. The molecule has 6 heteroatoms. The predicted octanol–water partition coefficient (Wildman–Crippen LogP) is 3.10. The van der Waals surface area contributed by atoms with Crippen molar-refractivity contribution in [3.8, 4) is 0 Å². The second-order valence-electron chi connectivity index (χ2n) is 6.64. The third kappa shape index (κ3) is 4.47. The van der Waals surface area contributed by atoms with Gasteiger partial charge in [-0.1, -0.05) is 25.0 Å². The molecule has 0 spiro atoms. The molecule has 3 N–H and O–H groups in total. The quantitative estimate of drug-likeness (QED) is 0.852. The molecule has 1 amide bonds. The van der Waals surface area contributed by atoms with Crippen molar-refractivity contribution in [1.82, 2.24) is 5.32 Å². The molecule has 1 unspecified atom stereocenters. The van der Waals surface area contributed by atoms with E-state index >= 15 is 0 Å². The number of amides is 1. The fourth-order valence-corrected chi connectivity index (χ4v) is 3.75. The largest absolute Gasteiger partial charge is 0.364 e. The van der Waals surface area contributed by atoms with E-state index in [1.54, 1.807) is 12.1 Å². The molecule has 0 radical (unpaired) electrons. The first-order valence-corrected chi connectivity index (χ1v) is 8.58. The number of ether oxygens (including phenoxy) is 1. The first kappa shape index (κ1) is 19.2. The van der Waals surface area contributed by atoms with Crippen LogP contribution in [-0.4, -0.2) is 24.7 Å². The molecule has 2 aliphatic rings. The monoisotopic (exact) mass is 356 g/mol. The molecule has 3 atom stereocenters. The summed E-state index contributed by atoms with van der Waals surface area (Å²) in [6.45, 7) is 0.452. The number of rotatable bonds is 5. The highest BCUT2D eigenvalue weighted by molar-refractivity contribution is 5.85. The third-order valence-electron chi connectivity index (χ3n) is 5.06. The van der Waals surface area contributed by atoms with Gasteiger partial charge in [-0.3, -0.25) is 4.79 Å². The van der Waals surface area contributed by atoms with Crippen LogP contribution in [0.3, 0.4) is 0 Å². The highest BCUT2D eigenvalue weighted by Gasteiger charge is 2.34. The topological polar surface area (TPSA) is 64.4 Å². The Morgan fingerprint density at radius 2 is 1.88 bits per heavy atom. The van der Waals surface area contributed by atoms with Crippen molar-refractivity contribution in [2.75, 3.05) is 6.54 Å². The maximum Gasteiger partial charge on any atom is 0.249 e. The Morgan fingerprint density at radius 1 is 1.21 bits per heavy atom. The van der Waals surface area contributed by atoms with Crippen molar-refractivity contribution in [2.45, 2.75) is 56.8 Å². The van der Waals surface area contributed by atoms with E-state index in [1.165, 1.54) is 25.0 Å². The van der Waals surface area contributed by atoms with Crippen molar-refractivity contribution in [3.63, 3.8) is 0 Å². The van der Waals surface area contributed by atoms with Gasteiger partial charge in [0.25, 0.3) is 0 Å². The lowest BCUT2D eigenvalue weighted by Crippen LogP contribution is -2.40. The Bertz CT molecular complexity index is 534. The fourth-order valence-electron chi connectivity index (χ4n) is 3.75. The molecule has 134 valence electrons. The minimum atomic E-state index is -0.409. The predicted molar refractivity (Wildman–Crippen MR) is 93.4 cm³/mol. The van der Waals surface area contributed by atoms with Gasteiger partial charge in [0, 0.05) is 6.54 Å². The molecule has 0 bridgehead atoms. The van der Waals surface area contributed by atoms with Crippen molar-refractivity contribution >= 4 is 18.3 Å². The van der Waals surface area contributed by atoms with E-state index in [0.717, 1.165) is 24.8 Å². The molecular formula is C18H26ClFN2O2. The van der Waals surface area contributed by atoms with E-state index in [1.807, 2.05) is 0 Å². The molecule has 1 saturated heterocycles. The zero-order chi connectivity index (χ0) is 16.2. The number of benzene rings is 1. The van der Waals surface area contributed by atoms with Gasteiger partial charge < -0.3 is 15.8 Å². The van der Waals surface area contributed by atoms with Crippen molar-refractivity contribution in [1.29, 1.82) is 0 Å². The molecule has 3 rings (SSSR count). The Balaban J connectivity index is 0.00000208. The molecule has 1 aromatic rings. The molecule has 4 nitrogen and oxygen atoms in total. The SMILES string of the molecule is Cl.NC[C@H]1CC[C@@H](C(=O)NC(c2ccc(F)cc2)C2CCCC2)O1. The molecule has 1 heterocycles. The second kappa shape index (κ2) is 8.79. The molecule has 24 heavy (non-hydrogen) atoms. The third-order valence-corrected chi connectivity index (χ3v) is 5.06. The molecule has 1 aliphatic carbocycles. The van der Waals surface area contributed by atoms with Crippen molar-refractivity contribution < 1.29 is 13.9 Å². The first-order valence-electron chi connectivity index (χ1n) is 8.58. The van der Waals surface area contributed by atoms with Gasteiger partial charge in [-0.05, 0) is 49.3 Å². The number of hydrogen-bond donors (Lipinski definition) is 2. The lowest BCUT2D eigenvalue weighted by molar-refractivity contribution is -0.133. The standard InChI is InChI=1S/C18H25FN2O2.ClH/c19-14-7-5-13(6-8-14)17(12-3-1-2-4-12)21-18(22)16-10-9-15(11-20)23-16;/h5-8,12,15-17H,1-4,9-11,20H2,(H,21,22);1H/t15-,16+,17?;/m1./s1. The van der Waals surface area contributed by atoms with Gasteiger partial charge in [-0.2, -0.15) is 0 Å². The van der Waals surface area contributed by atoms with Crippen LogP contribution in [-0.2, 0) is 9.53 Å². The Hall–Kier alpha value is -1.17. The number of hydrogen-bond acceptors (Lipinski definition) is 3. The van der Waals surface area contributed by atoms with Gasteiger partial charge in [0.05, 0.1) is 12.1 Å². The average molecular weight is 357 g/mol. The van der Waals surface area contributed by atoms with Gasteiger partial charge in [0.1, 0.15) is 11.9 Å². The maximum atomic E-state index is 13.2. The number of halogens is 2. The zero-order valence-corrected chi connectivity index (χ0v) is 14.6. The highest BCUT2D eigenvalue weighted by atomic mass is 35.5. The first-order chi connectivity index (χ1) is 11.2. The minimum absolute atomic E-state index is 0. The summed E-state index contributed by atoms with van der Waals surface area (Å²) in [5.41, 5.74) is 6.58. The van der Waals surface area contributed by atoms with Gasteiger partial charge in [0.15, 0.2) is 0 Å². The molecule has 1 aromatic carbocycles. The summed E-state index contributed by atoms with van der Waals surface area (Å²) in [5, 5.41) is 3.15. The van der Waals surface area contributed by atoms with Gasteiger partial charge in [-0.25, -0.2) is 4.39 Å². The summed E-state index contributed by atoms with van der Waals surface area (Å²) < 4.78 is 18.9. The lowest BCUT2D eigenvalue weighted by atomic mass is 9.91. The lowest BCUT2D eigenvalue weighted by Gasteiger charge is -2.26. The highest BCUT2D eigenvalue weighted by Crippen LogP contribution is 2.36. The van der Waals surface area contributed by atoms with Crippen LogP contribution in [0.1, 0.15) is 50.1 Å². The summed E-state index contributed by atoms with van der Waals surface area (Å²) >= 11 is 0. The van der Waals surface area contributed by atoms with Crippen molar-refractivity contribution in [2.24, 2.45) is 11.7 Å². The second-order valence-corrected chi connectivity index (χ2v) is 6.64. The van der Waals surface area contributed by atoms with Crippen LogP contribution >= 0.6 is 12.4 Å². The maximum absolute atomic E-state index is 13.2. The van der Waals surface area contributed by atoms with E-state index in [0.29, 0.717) is 18.9 Å². The smallest absolute Gasteiger partial charge is 0.249 e. The zero-order valence-electron chi connectivity index (χ0n) is 13.7. The molecule has 0 aromatic heterocycles. The summed E-state index contributed by atoms with van der Waals surface area (Å²) in [5.74, 6) is 0.0912. The average Bonchev–Trinajstić information content (AvgIpc) is 3.25. The van der Waals surface area contributed by atoms with E-state index in [-0.39, 0.29) is 36.3 Å². The molecular weight excluding hydrogens is 331 g/mol. The summed E-state index contributed by atoms with van der Waals surface area (Å²) in [7, 11) is 0. The van der Waals surface area contributed by atoms with Crippen molar-refractivity contribution in [3.05, 3.63) is 35.6 Å². The van der Waals surface area contributed by atoms with Gasteiger partial charge in [-0.15, -0.1) is 12.4 Å². The van der Waals surface area contributed by atoms with E-state index < -0.39 is 6.10 Å². The summed E-state index contributed by atoms with van der Waals surface area (Å²) in [6.07, 6.45) is 5.70. The Kier molecular flexibility index (Phi) is 7.02. The summed E-state index contributed by atoms with van der Waals surface area (Å²) in [6, 6.07) is 6.40. The molecule has 1 aliphatic heterocycles. The number of nitrogens with two attached hydrogens (primary N) is 1. The fraction of sp³-hybridized carbons (Fsp3) is 0.611. The van der Waals surface area contributed by atoms with Gasteiger partial charge in [0.2, 0.25) is 5.91 Å². The van der Waals surface area contributed by atoms with E-state index in [9.17, 15) is 9.18 Å². The Morgan fingerprint density at radius 3 is 2.46 bits per heavy atom. The van der Waals surface area contributed by atoms with Crippen LogP contribution in [0.15, 0.2) is 24.3 Å². The normalized spacial score (nSPS) is 25.2. The molecule has 2 fully saturated rings. The number of carbonyl (C=O) groups is 1. The Labute approximate surface area is 148 Å². The minimum Gasteiger partial charge on any atom is -0.364 e. The van der Waals surface area contributed by atoms with Crippen LogP contribution in [0, 0.1) is 11.7 Å². The number of carbonyl (C=O) groups excluding carboxylic acids is 1. The van der Waals surface area contributed by atoms with E-state index in [2.05, 4.69) is 5.32 Å². The van der Waals surface area contributed by atoms with Gasteiger partial charge >= 0.3 is 0 Å².